The van der Waals surface area contributed by atoms with Gasteiger partial charge in [-0.1, -0.05) is 12.8 Å². The predicted molar refractivity (Wildman–Crippen MR) is 70.4 cm³/mol. The van der Waals surface area contributed by atoms with Gasteiger partial charge in [-0.05, 0) is 50.3 Å². The van der Waals surface area contributed by atoms with E-state index in [9.17, 15) is 0 Å². The minimum atomic E-state index is 0. The quantitative estimate of drug-likeness (QED) is 0.577. The van der Waals surface area contributed by atoms with Crippen molar-refractivity contribution in [2.75, 3.05) is 24.6 Å². The molecule has 0 spiro atoms. The van der Waals surface area contributed by atoms with Crippen molar-refractivity contribution in [2.45, 2.75) is 38.5 Å². The molecule has 0 aromatic rings. The minimum absolute atomic E-state index is 0. The van der Waals surface area contributed by atoms with Gasteiger partial charge in [0.05, 0.1) is 0 Å². The Morgan fingerprint density at radius 2 is 1.07 bits per heavy atom. The fourth-order valence-corrected chi connectivity index (χ4v) is 2.17. The molecule has 2 nitrogen and oxygen atoms in total. The Bertz CT molecular complexity index is 84.2. The van der Waals surface area contributed by atoms with E-state index in [-0.39, 0.29) is 12.4 Å². The molecular weight excluding hydrogens is 216 g/mol. The third-order valence-corrected chi connectivity index (χ3v) is 3.14. The van der Waals surface area contributed by atoms with Gasteiger partial charge in [0.2, 0.25) is 0 Å². The second kappa shape index (κ2) is 16.0. The molecular formula is C10H25ClN2S. The first-order chi connectivity index (χ1) is 6.41. The Balaban J connectivity index is 0. The van der Waals surface area contributed by atoms with Crippen molar-refractivity contribution in [3.8, 4) is 0 Å². The molecule has 0 heterocycles. The topological polar surface area (TPSA) is 52.0 Å². The van der Waals surface area contributed by atoms with Gasteiger partial charge in [-0.25, -0.2) is 0 Å². The highest BCUT2D eigenvalue weighted by Gasteiger charge is 1.91. The van der Waals surface area contributed by atoms with Crippen LogP contribution in [-0.4, -0.2) is 24.6 Å². The average molecular weight is 241 g/mol. The van der Waals surface area contributed by atoms with Crippen LogP contribution in [0, 0.1) is 0 Å². The summed E-state index contributed by atoms with van der Waals surface area (Å²) < 4.78 is 0. The molecule has 0 atom stereocenters. The zero-order valence-corrected chi connectivity index (χ0v) is 10.7. The van der Waals surface area contributed by atoms with Crippen LogP contribution in [0.1, 0.15) is 38.5 Å². The van der Waals surface area contributed by atoms with Crippen molar-refractivity contribution in [1.29, 1.82) is 0 Å². The van der Waals surface area contributed by atoms with Crippen LogP contribution in [0.15, 0.2) is 0 Å². The summed E-state index contributed by atoms with van der Waals surface area (Å²) in [6.07, 6.45) is 7.64. The Hall–Kier alpha value is 0.560. The number of nitrogens with two attached hydrogens (primary N) is 2. The molecule has 0 aliphatic carbocycles. The lowest BCUT2D eigenvalue weighted by Crippen LogP contribution is -1.98. The lowest BCUT2D eigenvalue weighted by atomic mass is 10.2. The average Bonchev–Trinajstić information content (AvgIpc) is 2.16. The van der Waals surface area contributed by atoms with Crippen molar-refractivity contribution >= 4 is 24.2 Å². The molecule has 0 unspecified atom stereocenters. The van der Waals surface area contributed by atoms with Crippen LogP contribution in [-0.2, 0) is 0 Å². The van der Waals surface area contributed by atoms with E-state index in [4.69, 9.17) is 11.5 Å². The van der Waals surface area contributed by atoms with Gasteiger partial charge in [0.1, 0.15) is 0 Å². The lowest BCUT2D eigenvalue weighted by molar-refractivity contribution is 0.725. The fourth-order valence-electron chi connectivity index (χ4n) is 1.15. The maximum Gasteiger partial charge on any atom is -0.00675 e. The SMILES string of the molecule is Cl.NCCCCCSCCCCCN. The molecule has 0 rings (SSSR count). The molecule has 88 valence electrons. The monoisotopic (exact) mass is 240 g/mol. The van der Waals surface area contributed by atoms with Gasteiger partial charge in [-0.3, -0.25) is 0 Å². The van der Waals surface area contributed by atoms with E-state index < -0.39 is 0 Å². The summed E-state index contributed by atoms with van der Waals surface area (Å²) in [7, 11) is 0. The van der Waals surface area contributed by atoms with Crippen LogP contribution >= 0.6 is 24.2 Å². The molecule has 4 N–H and O–H groups in total. The highest BCUT2D eigenvalue weighted by atomic mass is 35.5. The first-order valence-corrected chi connectivity index (χ1v) is 6.55. The number of hydrogen-bond acceptors (Lipinski definition) is 3. The molecule has 0 aromatic heterocycles. The second-order valence-corrected chi connectivity index (χ2v) is 4.54. The molecule has 0 aromatic carbocycles. The van der Waals surface area contributed by atoms with E-state index in [1.807, 2.05) is 0 Å². The van der Waals surface area contributed by atoms with Gasteiger partial charge >= 0.3 is 0 Å². The van der Waals surface area contributed by atoms with E-state index in [1.54, 1.807) is 0 Å². The van der Waals surface area contributed by atoms with Crippen LogP contribution in [0.5, 0.6) is 0 Å². The van der Waals surface area contributed by atoms with Crippen LogP contribution in [0.4, 0.5) is 0 Å². The summed E-state index contributed by atoms with van der Waals surface area (Å²) in [4.78, 5) is 0. The smallest absolute Gasteiger partial charge is 0.00675 e. The summed E-state index contributed by atoms with van der Waals surface area (Å²) in [5, 5.41) is 0. The molecule has 0 saturated heterocycles. The van der Waals surface area contributed by atoms with E-state index >= 15 is 0 Å². The van der Waals surface area contributed by atoms with Gasteiger partial charge in [0.15, 0.2) is 0 Å². The summed E-state index contributed by atoms with van der Waals surface area (Å²) >= 11 is 2.07. The molecule has 0 fully saturated rings. The first kappa shape index (κ1) is 17.0. The third-order valence-electron chi connectivity index (χ3n) is 1.99. The lowest BCUT2D eigenvalue weighted by Gasteiger charge is -2.00. The Kier molecular flexibility index (Phi) is 19.4. The zero-order valence-electron chi connectivity index (χ0n) is 9.04. The van der Waals surface area contributed by atoms with Crippen LogP contribution < -0.4 is 11.5 Å². The summed E-state index contributed by atoms with van der Waals surface area (Å²) in [5.74, 6) is 2.62. The first-order valence-electron chi connectivity index (χ1n) is 5.39. The van der Waals surface area contributed by atoms with Gasteiger partial charge < -0.3 is 11.5 Å². The Morgan fingerprint density at radius 1 is 0.643 bits per heavy atom. The van der Waals surface area contributed by atoms with Crippen molar-refractivity contribution in [3.63, 3.8) is 0 Å². The number of unbranched alkanes of at least 4 members (excludes halogenated alkanes) is 4. The second-order valence-electron chi connectivity index (χ2n) is 3.31. The van der Waals surface area contributed by atoms with Crippen molar-refractivity contribution < 1.29 is 0 Å². The number of halogens is 1. The summed E-state index contributed by atoms with van der Waals surface area (Å²) in [6.45, 7) is 1.70. The maximum atomic E-state index is 5.41. The molecule has 0 bridgehead atoms. The van der Waals surface area contributed by atoms with Gasteiger partial charge in [0, 0.05) is 0 Å². The van der Waals surface area contributed by atoms with E-state index in [2.05, 4.69) is 11.8 Å². The standard InChI is InChI=1S/C10H24N2S.ClH/c11-7-3-1-5-9-13-10-6-2-4-8-12;/h1-12H2;1H. The summed E-state index contributed by atoms with van der Waals surface area (Å²) in [5.41, 5.74) is 10.8. The molecule has 0 radical (unpaired) electrons. The number of thioether (sulfide) groups is 1. The maximum absolute atomic E-state index is 5.41. The largest absolute Gasteiger partial charge is 0.330 e. The molecule has 14 heavy (non-hydrogen) atoms. The van der Waals surface area contributed by atoms with E-state index in [1.165, 1.54) is 50.0 Å². The van der Waals surface area contributed by atoms with Crippen LogP contribution in [0.2, 0.25) is 0 Å². The zero-order chi connectivity index (χ0) is 9.78. The minimum Gasteiger partial charge on any atom is -0.330 e. The molecule has 0 saturated carbocycles. The van der Waals surface area contributed by atoms with E-state index in [0.29, 0.717) is 0 Å². The Morgan fingerprint density at radius 3 is 1.43 bits per heavy atom. The van der Waals surface area contributed by atoms with Crippen LogP contribution in [0.3, 0.4) is 0 Å². The van der Waals surface area contributed by atoms with Crippen molar-refractivity contribution in [3.05, 3.63) is 0 Å². The molecule has 0 aliphatic rings. The molecule has 4 heteroatoms. The van der Waals surface area contributed by atoms with Gasteiger partial charge in [-0.15, -0.1) is 12.4 Å². The summed E-state index contributed by atoms with van der Waals surface area (Å²) in [6, 6.07) is 0. The van der Waals surface area contributed by atoms with Crippen LogP contribution in [0.25, 0.3) is 0 Å². The molecule has 0 amide bonds. The number of hydrogen-bond donors (Lipinski definition) is 2. The normalized spacial score (nSPS) is 9.86. The highest BCUT2D eigenvalue weighted by Crippen LogP contribution is 2.09. The fraction of sp³-hybridized carbons (Fsp3) is 1.00. The van der Waals surface area contributed by atoms with Crippen molar-refractivity contribution in [2.24, 2.45) is 11.5 Å². The predicted octanol–water partition coefficient (Wildman–Crippen LogP) is 2.40. The van der Waals surface area contributed by atoms with Crippen molar-refractivity contribution in [1.82, 2.24) is 0 Å². The van der Waals surface area contributed by atoms with Gasteiger partial charge in [-0.2, -0.15) is 11.8 Å². The number of rotatable bonds is 10. The van der Waals surface area contributed by atoms with Gasteiger partial charge in [0.25, 0.3) is 0 Å². The molecule has 0 aliphatic heterocycles. The van der Waals surface area contributed by atoms with E-state index in [0.717, 1.165) is 13.1 Å². The highest BCUT2D eigenvalue weighted by molar-refractivity contribution is 7.99. The third kappa shape index (κ3) is 15.1. The Labute approximate surface area is 99.0 Å².